The third-order valence-electron chi connectivity index (χ3n) is 2.65. The van der Waals surface area contributed by atoms with Gasteiger partial charge in [-0.25, -0.2) is 13.4 Å². The molecule has 112 valence electrons. The van der Waals surface area contributed by atoms with Gasteiger partial charge in [-0.05, 0) is 17.7 Å². The van der Waals surface area contributed by atoms with Crippen molar-refractivity contribution in [3.63, 3.8) is 0 Å². The molecule has 2 rings (SSSR count). The number of hydrogen-bond acceptors (Lipinski definition) is 5. The van der Waals surface area contributed by atoms with Crippen LogP contribution in [-0.2, 0) is 23.4 Å². The van der Waals surface area contributed by atoms with Gasteiger partial charge in [-0.15, -0.1) is 5.10 Å². The van der Waals surface area contributed by atoms with E-state index in [-0.39, 0.29) is 22.3 Å². The normalized spacial score (nSPS) is 11.4. The number of benzene rings is 1. The minimum Gasteiger partial charge on any atom is -0.345 e. The monoisotopic (exact) mass is 328 g/mol. The molecule has 0 aliphatic rings. The molecule has 1 aromatic carbocycles. The molecule has 21 heavy (non-hydrogen) atoms. The molecule has 0 aliphatic carbocycles. The summed E-state index contributed by atoms with van der Waals surface area (Å²) in [6.45, 7) is 0.195. The van der Waals surface area contributed by atoms with Gasteiger partial charge in [0.05, 0.1) is 9.92 Å². The van der Waals surface area contributed by atoms with E-state index in [1.165, 1.54) is 23.1 Å². The first-order chi connectivity index (χ1) is 9.77. The topological polar surface area (TPSA) is 94.0 Å². The molecule has 1 aromatic heterocycles. The van der Waals surface area contributed by atoms with Crippen molar-refractivity contribution in [1.29, 1.82) is 0 Å². The lowest BCUT2D eigenvalue weighted by molar-refractivity contribution is 0.0940. The molecule has 0 aliphatic heterocycles. The fourth-order valence-corrected chi connectivity index (χ4v) is 3.01. The Labute approximate surface area is 126 Å². The molecular weight excluding hydrogens is 316 g/mol. The Morgan fingerprint density at radius 3 is 2.67 bits per heavy atom. The quantitative estimate of drug-likeness (QED) is 0.896. The number of carbonyl (C=O) groups is 1. The van der Waals surface area contributed by atoms with Crippen molar-refractivity contribution in [3.8, 4) is 0 Å². The summed E-state index contributed by atoms with van der Waals surface area (Å²) in [5.41, 5.74) is 0.677. The van der Waals surface area contributed by atoms with Gasteiger partial charge < -0.3 is 5.32 Å². The van der Waals surface area contributed by atoms with E-state index in [9.17, 15) is 13.2 Å². The highest BCUT2D eigenvalue weighted by Crippen LogP contribution is 2.22. The Bertz CT molecular complexity index is 786. The van der Waals surface area contributed by atoms with Crippen molar-refractivity contribution in [3.05, 3.63) is 40.9 Å². The molecule has 0 saturated heterocycles. The molecule has 1 N–H and O–H groups in total. The van der Waals surface area contributed by atoms with E-state index in [0.717, 1.165) is 6.26 Å². The molecule has 7 nitrogen and oxygen atoms in total. The largest absolute Gasteiger partial charge is 0.345 e. The number of carbonyl (C=O) groups excluding carboxylic acids is 1. The summed E-state index contributed by atoms with van der Waals surface area (Å²) < 4.78 is 24.3. The highest BCUT2D eigenvalue weighted by Gasteiger charge is 2.14. The number of nitrogens with one attached hydrogen (secondary N) is 1. The first-order valence-corrected chi connectivity index (χ1v) is 8.16. The van der Waals surface area contributed by atoms with Crippen LogP contribution in [0.15, 0.2) is 29.4 Å². The first kappa shape index (κ1) is 15.5. The molecule has 0 fully saturated rings. The Morgan fingerprint density at radius 1 is 1.43 bits per heavy atom. The number of aryl methyl sites for hydroxylation is 1. The summed E-state index contributed by atoms with van der Waals surface area (Å²) in [5, 5.41) is 6.63. The average molecular weight is 329 g/mol. The maximum absolute atomic E-state index is 11.8. The van der Waals surface area contributed by atoms with Crippen LogP contribution in [0.25, 0.3) is 0 Å². The maximum atomic E-state index is 11.8. The van der Waals surface area contributed by atoms with Crippen molar-refractivity contribution in [1.82, 2.24) is 20.1 Å². The Hall–Kier alpha value is -1.93. The fourth-order valence-electron chi connectivity index (χ4n) is 1.66. The summed E-state index contributed by atoms with van der Waals surface area (Å²) in [4.78, 5) is 15.7. The number of rotatable bonds is 4. The van der Waals surface area contributed by atoms with Crippen molar-refractivity contribution in [2.45, 2.75) is 11.4 Å². The summed E-state index contributed by atoms with van der Waals surface area (Å²) in [6, 6.07) is 4.51. The number of aromatic nitrogens is 3. The standard InChI is InChI=1S/C12H13ClN4O3S/c1-17-7-15-11(16-17)12(18)14-6-8-3-4-10(9(13)5-8)21(2,19)20/h3-5,7H,6H2,1-2H3,(H,14,18). The molecule has 2 aromatic rings. The number of halogens is 1. The van der Waals surface area contributed by atoms with Crippen molar-refractivity contribution >= 4 is 27.3 Å². The van der Waals surface area contributed by atoms with Crippen LogP contribution in [0.4, 0.5) is 0 Å². The first-order valence-electron chi connectivity index (χ1n) is 5.89. The molecule has 0 radical (unpaired) electrons. The van der Waals surface area contributed by atoms with Crippen molar-refractivity contribution < 1.29 is 13.2 Å². The minimum absolute atomic E-state index is 0.0608. The Kier molecular flexibility index (Phi) is 4.29. The van der Waals surface area contributed by atoms with Crippen LogP contribution >= 0.6 is 11.6 Å². The van der Waals surface area contributed by atoms with E-state index in [4.69, 9.17) is 11.6 Å². The van der Waals surface area contributed by atoms with Crippen LogP contribution in [0.1, 0.15) is 16.2 Å². The maximum Gasteiger partial charge on any atom is 0.291 e. The third kappa shape index (κ3) is 3.79. The van der Waals surface area contributed by atoms with E-state index in [1.807, 2.05) is 0 Å². The van der Waals surface area contributed by atoms with Crippen LogP contribution in [0.2, 0.25) is 5.02 Å². The zero-order valence-corrected chi connectivity index (χ0v) is 12.9. The SMILES string of the molecule is Cn1cnc(C(=O)NCc2ccc(S(C)(=O)=O)c(Cl)c2)n1. The van der Waals surface area contributed by atoms with E-state index < -0.39 is 15.7 Å². The second-order valence-electron chi connectivity index (χ2n) is 4.46. The van der Waals surface area contributed by atoms with Gasteiger partial charge in [-0.3, -0.25) is 9.48 Å². The summed E-state index contributed by atoms with van der Waals surface area (Å²) in [5.74, 6) is -0.352. The lowest BCUT2D eigenvalue weighted by Gasteiger charge is -2.06. The van der Waals surface area contributed by atoms with Gasteiger partial charge in [0.15, 0.2) is 9.84 Å². The van der Waals surface area contributed by atoms with Gasteiger partial charge in [-0.1, -0.05) is 17.7 Å². The van der Waals surface area contributed by atoms with Gasteiger partial charge >= 0.3 is 0 Å². The highest BCUT2D eigenvalue weighted by molar-refractivity contribution is 7.90. The zero-order valence-electron chi connectivity index (χ0n) is 11.4. The predicted molar refractivity (Wildman–Crippen MR) is 76.7 cm³/mol. The van der Waals surface area contributed by atoms with Gasteiger partial charge in [0, 0.05) is 19.8 Å². The second kappa shape index (κ2) is 5.82. The zero-order chi connectivity index (χ0) is 15.6. The average Bonchev–Trinajstić information content (AvgIpc) is 2.81. The number of amides is 1. The minimum atomic E-state index is -3.36. The van der Waals surface area contributed by atoms with Crippen LogP contribution in [-0.4, -0.2) is 35.3 Å². The molecule has 1 amide bonds. The molecule has 0 saturated carbocycles. The Morgan fingerprint density at radius 2 is 2.14 bits per heavy atom. The molecule has 0 atom stereocenters. The van der Waals surface area contributed by atoms with Gasteiger partial charge in [0.25, 0.3) is 5.91 Å². The van der Waals surface area contributed by atoms with Gasteiger partial charge in [0.2, 0.25) is 5.82 Å². The molecular formula is C12H13ClN4O3S. The number of hydrogen-bond donors (Lipinski definition) is 1. The van der Waals surface area contributed by atoms with E-state index in [1.54, 1.807) is 13.1 Å². The fraction of sp³-hybridized carbons (Fsp3) is 0.250. The summed E-state index contributed by atoms with van der Waals surface area (Å²) in [7, 11) is -1.70. The van der Waals surface area contributed by atoms with Crippen molar-refractivity contribution in [2.75, 3.05) is 6.26 Å². The highest BCUT2D eigenvalue weighted by atomic mass is 35.5. The van der Waals surface area contributed by atoms with Gasteiger partial charge in [-0.2, -0.15) is 0 Å². The van der Waals surface area contributed by atoms with E-state index >= 15 is 0 Å². The molecule has 1 heterocycles. The van der Waals surface area contributed by atoms with Crippen LogP contribution in [0.5, 0.6) is 0 Å². The smallest absolute Gasteiger partial charge is 0.291 e. The van der Waals surface area contributed by atoms with Crippen LogP contribution in [0.3, 0.4) is 0 Å². The second-order valence-corrected chi connectivity index (χ2v) is 6.85. The number of sulfone groups is 1. The molecule has 0 unspecified atom stereocenters. The molecule has 0 bridgehead atoms. The lowest BCUT2D eigenvalue weighted by atomic mass is 10.2. The van der Waals surface area contributed by atoms with Crippen molar-refractivity contribution in [2.24, 2.45) is 7.05 Å². The Balaban J connectivity index is 2.08. The summed E-state index contributed by atoms with van der Waals surface area (Å²) in [6.07, 6.45) is 2.51. The van der Waals surface area contributed by atoms with E-state index in [0.29, 0.717) is 5.56 Å². The molecule has 9 heteroatoms. The molecule has 0 spiro atoms. The van der Waals surface area contributed by atoms with Crippen LogP contribution < -0.4 is 5.32 Å². The van der Waals surface area contributed by atoms with E-state index in [2.05, 4.69) is 15.4 Å². The van der Waals surface area contributed by atoms with Gasteiger partial charge in [0.1, 0.15) is 6.33 Å². The van der Waals surface area contributed by atoms with Crippen LogP contribution in [0, 0.1) is 0 Å². The predicted octanol–water partition coefficient (Wildman–Crippen LogP) is 0.802. The number of nitrogens with zero attached hydrogens (tertiary/aromatic N) is 3. The lowest BCUT2D eigenvalue weighted by Crippen LogP contribution is -2.24. The third-order valence-corrected chi connectivity index (χ3v) is 4.23. The summed E-state index contributed by atoms with van der Waals surface area (Å²) >= 11 is 5.93.